The van der Waals surface area contributed by atoms with E-state index in [0.717, 1.165) is 32.5 Å². The first-order chi connectivity index (χ1) is 6.75. The van der Waals surface area contributed by atoms with Gasteiger partial charge in [-0.2, -0.15) is 0 Å². The van der Waals surface area contributed by atoms with Crippen LogP contribution in [0.3, 0.4) is 0 Å². The lowest BCUT2D eigenvalue weighted by Gasteiger charge is -2.34. The molecule has 0 N–H and O–H groups in total. The lowest BCUT2D eigenvalue weighted by Crippen LogP contribution is -2.44. The van der Waals surface area contributed by atoms with Crippen molar-refractivity contribution in [1.29, 1.82) is 0 Å². The molecule has 2 saturated heterocycles. The Morgan fingerprint density at radius 2 is 2.43 bits per heavy atom. The molecule has 0 aromatic carbocycles. The Labute approximate surface area is 85.4 Å². The van der Waals surface area contributed by atoms with Crippen LogP contribution in [0.2, 0.25) is 0 Å². The van der Waals surface area contributed by atoms with E-state index in [1.165, 1.54) is 12.8 Å². The highest BCUT2D eigenvalue weighted by Crippen LogP contribution is 2.19. The summed E-state index contributed by atoms with van der Waals surface area (Å²) < 4.78 is 5.60. The SMILES string of the molecule is CC1CC(=O)CCN1CC1CCCO1. The Hall–Kier alpha value is -0.410. The zero-order chi connectivity index (χ0) is 9.97. The molecular formula is C11H19NO2. The first-order valence-corrected chi connectivity index (χ1v) is 5.63. The Morgan fingerprint density at radius 3 is 3.07 bits per heavy atom. The van der Waals surface area contributed by atoms with Gasteiger partial charge in [0.25, 0.3) is 0 Å². The van der Waals surface area contributed by atoms with Gasteiger partial charge in [-0.05, 0) is 19.8 Å². The average Bonchev–Trinajstić information content (AvgIpc) is 2.62. The van der Waals surface area contributed by atoms with Crippen molar-refractivity contribution in [2.75, 3.05) is 19.7 Å². The number of piperidine rings is 1. The second kappa shape index (κ2) is 4.41. The summed E-state index contributed by atoms with van der Waals surface area (Å²) in [5, 5.41) is 0. The van der Waals surface area contributed by atoms with Crippen molar-refractivity contribution in [3.05, 3.63) is 0 Å². The maximum Gasteiger partial charge on any atom is 0.135 e. The fraction of sp³-hybridized carbons (Fsp3) is 0.909. The van der Waals surface area contributed by atoms with E-state index < -0.39 is 0 Å². The Balaban J connectivity index is 1.81. The van der Waals surface area contributed by atoms with Crippen molar-refractivity contribution in [1.82, 2.24) is 4.90 Å². The molecule has 0 aliphatic carbocycles. The third-order valence-electron chi connectivity index (χ3n) is 3.29. The molecule has 3 nitrogen and oxygen atoms in total. The summed E-state index contributed by atoms with van der Waals surface area (Å²) in [7, 11) is 0. The summed E-state index contributed by atoms with van der Waals surface area (Å²) in [5.74, 6) is 0.418. The molecule has 2 fully saturated rings. The van der Waals surface area contributed by atoms with Gasteiger partial charge in [-0.25, -0.2) is 0 Å². The molecule has 0 spiro atoms. The number of ketones is 1. The number of ether oxygens (including phenoxy) is 1. The van der Waals surface area contributed by atoms with Crippen LogP contribution >= 0.6 is 0 Å². The summed E-state index contributed by atoms with van der Waals surface area (Å²) in [6, 6.07) is 0.417. The van der Waals surface area contributed by atoms with Gasteiger partial charge in [-0.3, -0.25) is 9.69 Å². The molecule has 0 saturated carbocycles. The van der Waals surface area contributed by atoms with Crippen molar-refractivity contribution >= 4 is 5.78 Å². The van der Waals surface area contributed by atoms with Gasteiger partial charge in [-0.15, -0.1) is 0 Å². The van der Waals surface area contributed by atoms with E-state index in [2.05, 4.69) is 11.8 Å². The molecule has 14 heavy (non-hydrogen) atoms. The van der Waals surface area contributed by atoms with E-state index in [9.17, 15) is 4.79 Å². The third kappa shape index (κ3) is 2.34. The zero-order valence-electron chi connectivity index (χ0n) is 8.87. The van der Waals surface area contributed by atoms with Crippen LogP contribution in [0.1, 0.15) is 32.6 Å². The molecule has 2 rings (SSSR count). The normalized spacial score (nSPS) is 35.1. The van der Waals surface area contributed by atoms with Gasteiger partial charge in [0, 0.05) is 38.6 Å². The van der Waals surface area contributed by atoms with Crippen LogP contribution in [0.25, 0.3) is 0 Å². The average molecular weight is 197 g/mol. The van der Waals surface area contributed by atoms with Crippen molar-refractivity contribution in [2.45, 2.75) is 44.8 Å². The largest absolute Gasteiger partial charge is 0.377 e. The quantitative estimate of drug-likeness (QED) is 0.666. The maximum atomic E-state index is 11.2. The molecule has 0 amide bonds. The first kappa shape index (κ1) is 10.1. The first-order valence-electron chi connectivity index (χ1n) is 5.63. The second-order valence-corrected chi connectivity index (χ2v) is 4.47. The van der Waals surface area contributed by atoms with Gasteiger partial charge < -0.3 is 4.74 Å². The molecule has 2 atom stereocenters. The van der Waals surface area contributed by atoms with Crippen LogP contribution in [-0.2, 0) is 9.53 Å². The van der Waals surface area contributed by atoms with E-state index in [1.807, 2.05) is 0 Å². The lowest BCUT2D eigenvalue weighted by atomic mass is 10.0. The molecule has 2 unspecified atom stereocenters. The summed E-state index contributed by atoms with van der Waals surface area (Å²) >= 11 is 0. The molecule has 0 aromatic heterocycles. The van der Waals surface area contributed by atoms with E-state index in [4.69, 9.17) is 4.74 Å². The summed E-state index contributed by atoms with van der Waals surface area (Å²) in [4.78, 5) is 13.6. The molecular weight excluding hydrogens is 178 g/mol. The van der Waals surface area contributed by atoms with Crippen molar-refractivity contribution < 1.29 is 9.53 Å². The van der Waals surface area contributed by atoms with Crippen LogP contribution in [0.4, 0.5) is 0 Å². The number of carbonyl (C=O) groups is 1. The van der Waals surface area contributed by atoms with Crippen molar-refractivity contribution in [2.24, 2.45) is 0 Å². The Kier molecular flexibility index (Phi) is 3.19. The van der Waals surface area contributed by atoms with Gasteiger partial charge in [0.15, 0.2) is 0 Å². The number of likely N-dealkylation sites (tertiary alicyclic amines) is 1. The Morgan fingerprint density at radius 1 is 1.57 bits per heavy atom. The molecule has 0 radical (unpaired) electrons. The zero-order valence-corrected chi connectivity index (χ0v) is 8.87. The van der Waals surface area contributed by atoms with Crippen LogP contribution in [0.5, 0.6) is 0 Å². The monoisotopic (exact) mass is 197 g/mol. The summed E-state index contributed by atoms with van der Waals surface area (Å²) in [5.41, 5.74) is 0. The van der Waals surface area contributed by atoms with Gasteiger partial charge in [0.05, 0.1) is 6.10 Å². The molecule has 2 heterocycles. The molecule has 2 aliphatic rings. The Bertz CT molecular complexity index is 211. The minimum atomic E-state index is 0.417. The highest BCUT2D eigenvalue weighted by Gasteiger charge is 2.27. The lowest BCUT2D eigenvalue weighted by molar-refractivity contribution is -0.123. The van der Waals surface area contributed by atoms with Crippen LogP contribution in [-0.4, -0.2) is 42.5 Å². The number of rotatable bonds is 2. The number of hydrogen-bond acceptors (Lipinski definition) is 3. The summed E-state index contributed by atoms with van der Waals surface area (Å²) in [6.45, 7) is 5.02. The minimum Gasteiger partial charge on any atom is -0.377 e. The highest BCUT2D eigenvalue weighted by atomic mass is 16.5. The van der Waals surface area contributed by atoms with E-state index in [0.29, 0.717) is 17.9 Å². The number of nitrogens with zero attached hydrogens (tertiary/aromatic N) is 1. The number of hydrogen-bond donors (Lipinski definition) is 0. The van der Waals surface area contributed by atoms with Gasteiger partial charge in [0.2, 0.25) is 0 Å². The molecule has 0 bridgehead atoms. The topological polar surface area (TPSA) is 29.5 Å². The standard InChI is InChI=1S/C11H19NO2/c1-9-7-10(13)4-5-12(9)8-11-3-2-6-14-11/h9,11H,2-8H2,1H3. The van der Waals surface area contributed by atoms with E-state index in [1.54, 1.807) is 0 Å². The number of Topliss-reactive ketones (excluding diaryl/α,β-unsaturated/α-hetero) is 1. The van der Waals surface area contributed by atoms with Gasteiger partial charge >= 0.3 is 0 Å². The summed E-state index contributed by atoms with van der Waals surface area (Å²) in [6.07, 6.45) is 4.28. The predicted molar refractivity (Wildman–Crippen MR) is 54.3 cm³/mol. The predicted octanol–water partition coefficient (Wildman–Crippen LogP) is 1.22. The fourth-order valence-corrected chi connectivity index (χ4v) is 2.37. The van der Waals surface area contributed by atoms with Crippen molar-refractivity contribution in [3.8, 4) is 0 Å². The fourth-order valence-electron chi connectivity index (χ4n) is 2.37. The second-order valence-electron chi connectivity index (χ2n) is 4.47. The molecule has 80 valence electrons. The highest BCUT2D eigenvalue weighted by molar-refractivity contribution is 5.79. The van der Waals surface area contributed by atoms with Crippen molar-refractivity contribution in [3.63, 3.8) is 0 Å². The maximum absolute atomic E-state index is 11.2. The molecule has 2 aliphatic heterocycles. The molecule has 0 aromatic rings. The van der Waals surface area contributed by atoms with Crippen LogP contribution in [0.15, 0.2) is 0 Å². The molecule has 3 heteroatoms. The van der Waals surface area contributed by atoms with Crippen LogP contribution in [0, 0.1) is 0 Å². The van der Waals surface area contributed by atoms with Crippen LogP contribution < -0.4 is 0 Å². The van der Waals surface area contributed by atoms with E-state index >= 15 is 0 Å². The van der Waals surface area contributed by atoms with Gasteiger partial charge in [0.1, 0.15) is 5.78 Å². The van der Waals surface area contributed by atoms with E-state index in [-0.39, 0.29) is 0 Å². The smallest absolute Gasteiger partial charge is 0.135 e. The third-order valence-corrected chi connectivity index (χ3v) is 3.29. The van der Waals surface area contributed by atoms with Gasteiger partial charge in [-0.1, -0.05) is 0 Å². The minimum absolute atomic E-state index is 0.417. The number of carbonyl (C=O) groups excluding carboxylic acids is 1.